The average Bonchev–Trinajstić information content (AvgIpc) is 2.25. The molecule has 112 valence electrons. The molecule has 1 amide bonds. The van der Waals surface area contributed by atoms with Crippen LogP contribution in [-0.4, -0.2) is 48.2 Å². The number of carbonyl (C=O) groups is 1. The summed E-state index contributed by atoms with van der Waals surface area (Å²) in [6.07, 6.45) is 3.93. The van der Waals surface area contributed by atoms with Gasteiger partial charge in [-0.15, -0.1) is 0 Å². The number of rotatable bonds is 7. The molecule has 0 aromatic rings. The molecule has 1 saturated heterocycles. The molecular weight excluding hydrogens is 240 g/mol. The highest BCUT2D eigenvalue weighted by Gasteiger charge is 2.39. The van der Waals surface area contributed by atoms with Crippen molar-refractivity contribution in [1.82, 2.24) is 10.2 Å². The van der Waals surface area contributed by atoms with Gasteiger partial charge in [0.15, 0.2) is 0 Å². The molecule has 4 heteroatoms. The van der Waals surface area contributed by atoms with Gasteiger partial charge in [0.1, 0.15) is 0 Å². The Labute approximate surface area is 117 Å². The lowest BCUT2D eigenvalue weighted by Gasteiger charge is -2.49. The first-order chi connectivity index (χ1) is 8.79. The Hall–Kier alpha value is -0.610. The van der Waals surface area contributed by atoms with E-state index in [1.165, 1.54) is 0 Å². The van der Waals surface area contributed by atoms with Gasteiger partial charge in [-0.3, -0.25) is 4.79 Å². The Bertz CT molecular complexity index is 274. The minimum atomic E-state index is 0.0770. The second-order valence-corrected chi connectivity index (χ2v) is 6.85. The molecule has 0 aromatic carbocycles. The van der Waals surface area contributed by atoms with E-state index in [1.54, 1.807) is 0 Å². The molecule has 19 heavy (non-hydrogen) atoms. The largest absolute Gasteiger partial charge is 0.382 e. The zero-order valence-corrected chi connectivity index (χ0v) is 13.2. The molecule has 0 aliphatic carbocycles. The highest BCUT2D eigenvalue weighted by atomic mass is 16.5. The Morgan fingerprint density at radius 3 is 2.32 bits per heavy atom. The summed E-state index contributed by atoms with van der Waals surface area (Å²) in [5.74, 6) is 0. The molecule has 0 unspecified atom stereocenters. The van der Waals surface area contributed by atoms with Crippen LogP contribution in [0.15, 0.2) is 0 Å². The van der Waals surface area contributed by atoms with Crippen LogP contribution in [0.4, 0.5) is 0 Å². The zero-order chi connectivity index (χ0) is 14.5. The van der Waals surface area contributed by atoms with Crippen LogP contribution in [0, 0.1) is 0 Å². The van der Waals surface area contributed by atoms with Gasteiger partial charge in [-0.05, 0) is 53.9 Å². The zero-order valence-electron chi connectivity index (χ0n) is 13.2. The van der Waals surface area contributed by atoms with Gasteiger partial charge in [0, 0.05) is 36.9 Å². The number of piperidine rings is 1. The third-order valence-electron chi connectivity index (χ3n) is 3.68. The Balaban J connectivity index is 2.56. The van der Waals surface area contributed by atoms with Gasteiger partial charge in [0.25, 0.3) is 0 Å². The van der Waals surface area contributed by atoms with Crippen LogP contribution in [-0.2, 0) is 9.53 Å². The number of hydrogen-bond donors (Lipinski definition) is 1. The SMILES string of the molecule is CCOCCCN(C=O)C1CC(C)(C)NC(C)(C)C1. The van der Waals surface area contributed by atoms with E-state index in [-0.39, 0.29) is 11.1 Å². The van der Waals surface area contributed by atoms with E-state index in [1.807, 2.05) is 11.8 Å². The minimum absolute atomic E-state index is 0.0770. The predicted molar refractivity (Wildman–Crippen MR) is 78.2 cm³/mol. The molecule has 0 aromatic heterocycles. The molecule has 4 nitrogen and oxygen atoms in total. The molecule has 1 heterocycles. The topological polar surface area (TPSA) is 41.6 Å². The maximum Gasteiger partial charge on any atom is 0.209 e. The van der Waals surface area contributed by atoms with Crippen LogP contribution in [0.25, 0.3) is 0 Å². The van der Waals surface area contributed by atoms with Gasteiger partial charge in [-0.25, -0.2) is 0 Å². The number of hydrogen-bond acceptors (Lipinski definition) is 3. The molecule has 0 saturated carbocycles. The lowest BCUT2D eigenvalue weighted by atomic mass is 9.79. The molecule has 1 aliphatic rings. The van der Waals surface area contributed by atoms with Gasteiger partial charge < -0.3 is 15.0 Å². The Morgan fingerprint density at radius 2 is 1.84 bits per heavy atom. The van der Waals surface area contributed by atoms with E-state index in [0.29, 0.717) is 6.04 Å². The summed E-state index contributed by atoms with van der Waals surface area (Å²) in [7, 11) is 0. The first-order valence-electron chi connectivity index (χ1n) is 7.38. The molecule has 1 fully saturated rings. The van der Waals surface area contributed by atoms with E-state index in [2.05, 4.69) is 33.0 Å². The molecule has 1 N–H and O–H groups in total. The van der Waals surface area contributed by atoms with Gasteiger partial charge in [0.2, 0.25) is 6.41 Å². The molecule has 0 radical (unpaired) electrons. The molecule has 1 aliphatic heterocycles. The van der Waals surface area contributed by atoms with Crippen LogP contribution in [0.3, 0.4) is 0 Å². The number of nitrogens with zero attached hydrogens (tertiary/aromatic N) is 1. The average molecular weight is 270 g/mol. The van der Waals surface area contributed by atoms with E-state index in [0.717, 1.165) is 45.4 Å². The fourth-order valence-electron chi connectivity index (χ4n) is 3.32. The maximum absolute atomic E-state index is 11.4. The van der Waals surface area contributed by atoms with Crippen LogP contribution >= 0.6 is 0 Å². The van der Waals surface area contributed by atoms with Crippen molar-refractivity contribution in [2.75, 3.05) is 19.8 Å². The standard InChI is InChI=1S/C15H30N2O2/c1-6-19-9-7-8-17(12-18)13-10-14(2,3)16-15(4,5)11-13/h12-13,16H,6-11H2,1-5H3. The number of nitrogens with one attached hydrogen (secondary N) is 1. The highest BCUT2D eigenvalue weighted by molar-refractivity contribution is 5.48. The summed E-state index contributed by atoms with van der Waals surface area (Å²) in [6.45, 7) is 13.1. The van der Waals surface area contributed by atoms with E-state index in [9.17, 15) is 4.79 Å². The number of carbonyl (C=O) groups excluding carboxylic acids is 1. The van der Waals surface area contributed by atoms with E-state index < -0.39 is 0 Å². The van der Waals surface area contributed by atoms with Gasteiger partial charge in [-0.1, -0.05) is 0 Å². The second kappa shape index (κ2) is 6.71. The summed E-state index contributed by atoms with van der Waals surface area (Å²) in [6, 6.07) is 0.324. The fourth-order valence-corrected chi connectivity index (χ4v) is 3.32. The maximum atomic E-state index is 11.4. The number of ether oxygens (including phenoxy) is 1. The normalized spacial score (nSPS) is 22.2. The van der Waals surface area contributed by atoms with Crippen LogP contribution in [0.1, 0.15) is 53.9 Å². The van der Waals surface area contributed by atoms with Crippen molar-refractivity contribution in [3.8, 4) is 0 Å². The predicted octanol–water partition coefficient (Wildman–Crippen LogP) is 2.18. The molecule has 0 spiro atoms. The van der Waals surface area contributed by atoms with Crippen LogP contribution in [0.5, 0.6) is 0 Å². The Morgan fingerprint density at radius 1 is 1.26 bits per heavy atom. The molecule has 1 rings (SSSR count). The van der Waals surface area contributed by atoms with Crippen molar-refractivity contribution in [2.24, 2.45) is 0 Å². The summed E-state index contributed by atoms with van der Waals surface area (Å²) < 4.78 is 5.34. The molecule has 0 atom stereocenters. The molecular formula is C15H30N2O2. The first-order valence-corrected chi connectivity index (χ1v) is 7.38. The molecule has 0 bridgehead atoms. The smallest absolute Gasteiger partial charge is 0.209 e. The van der Waals surface area contributed by atoms with Gasteiger partial charge >= 0.3 is 0 Å². The van der Waals surface area contributed by atoms with Crippen LogP contribution < -0.4 is 5.32 Å². The van der Waals surface area contributed by atoms with Crippen molar-refractivity contribution < 1.29 is 9.53 Å². The van der Waals surface area contributed by atoms with Crippen molar-refractivity contribution >= 4 is 6.41 Å². The van der Waals surface area contributed by atoms with Crippen molar-refractivity contribution in [3.63, 3.8) is 0 Å². The third kappa shape index (κ3) is 5.49. The highest BCUT2D eigenvalue weighted by Crippen LogP contribution is 2.31. The summed E-state index contributed by atoms with van der Waals surface area (Å²) in [5.41, 5.74) is 0.154. The Kier molecular flexibility index (Phi) is 5.81. The second-order valence-electron chi connectivity index (χ2n) is 6.85. The van der Waals surface area contributed by atoms with Crippen LogP contribution in [0.2, 0.25) is 0 Å². The van der Waals surface area contributed by atoms with E-state index >= 15 is 0 Å². The monoisotopic (exact) mass is 270 g/mol. The van der Waals surface area contributed by atoms with E-state index in [4.69, 9.17) is 4.74 Å². The lowest BCUT2D eigenvalue weighted by molar-refractivity contribution is -0.122. The first kappa shape index (κ1) is 16.4. The number of amides is 1. The third-order valence-corrected chi connectivity index (χ3v) is 3.68. The summed E-state index contributed by atoms with van der Waals surface area (Å²) >= 11 is 0. The minimum Gasteiger partial charge on any atom is -0.382 e. The quantitative estimate of drug-likeness (QED) is 0.569. The van der Waals surface area contributed by atoms with Crippen molar-refractivity contribution in [2.45, 2.75) is 71.0 Å². The summed E-state index contributed by atoms with van der Waals surface area (Å²) in [4.78, 5) is 13.3. The fraction of sp³-hybridized carbons (Fsp3) is 0.933. The summed E-state index contributed by atoms with van der Waals surface area (Å²) in [5, 5.41) is 3.65. The van der Waals surface area contributed by atoms with Gasteiger partial charge in [-0.2, -0.15) is 0 Å². The van der Waals surface area contributed by atoms with Crippen molar-refractivity contribution in [1.29, 1.82) is 0 Å². The van der Waals surface area contributed by atoms with Gasteiger partial charge in [0.05, 0.1) is 0 Å². The lowest BCUT2D eigenvalue weighted by Crippen LogP contribution is -2.62. The van der Waals surface area contributed by atoms with Crippen molar-refractivity contribution in [3.05, 3.63) is 0 Å².